The summed E-state index contributed by atoms with van der Waals surface area (Å²) in [6.45, 7) is 2.39. The zero-order chi connectivity index (χ0) is 22.7. The topological polar surface area (TPSA) is 67.3 Å². The van der Waals surface area contributed by atoms with Gasteiger partial charge in [0, 0.05) is 22.4 Å². The van der Waals surface area contributed by atoms with Crippen molar-refractivity contribution in [1.82, 2.24) is 5.32 Å². The number of ether oxygens (including phenoxy) is 2. The van der Waals surface area contributed by atoms with Gasteiger partial charge in [0.1, 0.15) is 11.8 Å². The van der Waals surface area contributed by atoms with E-state index in [0.29, 0.717) is 17.4 Å². The van der Waals surface area contributed by atoms with Gasteiger partial charge >= 0.3 is 0 Å². The Hall–Kier alpha value is -2.67. The summed E-state index contributed by atoms with van der Waals surface area (Å²) in [5, 5.41) is 17.4. The fourth-order valence-corrected chi connectivity index (χ4v) is 4.54. The smallest absolute Gasteiger partial charge is 0.186 e. The van der Waals surface area contributed by atoms with E-state index in [1.807, 2.05) is 61.5 Å². The Bertz CT molecular complexity index is 1130. The van der Waals surface area contributed by atoms with Crippen molar-refractivity contribution >= 4 is 33.2 Å². The van der Waals surface area contributed by atoms with Gasteiger partial charge in [0.15, 0.2) is 17.7 Å². The Morgan fingerprint density at radius 3 is 2.56 bits per heavy atom. The third-order valence-electron chi connectivity index (χ3n) is 5.44. The number of nitrogens with two attached hydrogens (primary N) is 1. The first kappa shape index (κ1) is 22.5. The van der Waals surface area contributed by atoms with Gasteiger partial charge in [-0.25, -0.2) is 0 Å². The molecule has 2 atom stereocenters. The maximum Gasteiger partial charge on any atom is 0.186 e. The molecule has 0 amide bonds. The van der Waals surface area contributed by atoms with Crippen LogP contribution in [0.4, 0.5) is 0 Å². The second kappa shape index (κ2) is 9.86. The highest BCUT2D eigenvalue weighted by atomic mass is 79.9. The van der Waals surface area contributed by atoms with Crippen LogP contribution in [0.15, 0.2) is 71.2 Å². The van der Waals surface area contributed by atoms with E-state index >= 15 is 0 Å². The molecule has 1 aliphatic rings. The molecule has 5 nitrogen and oxygen atoms in total. The molecule has 4 rings (SSSR count). The number of phenols is 1. The molecular formula is C25H25BrClN2O3+. The van der Waals surface area contributed by atoms with Crippen molar-refractivity contribution in [2.75, 3.05) is 13.7 Å². The predicted molar refractivity (Wildman–Crippen MR) is 130 cm³/mol. The first-order valence-electron chi connectivity index (χ1n) is 10.4. The molecule has 1 aliphatic heterocycles. The molecule has 0 saturated carbocycles. The fraction of sp³-hybridized carbons (Fsp3) is 0.200. The zero-order valence-corrected chi connectivity index (χ0v) is 20.2. The minimum Gasteiger partial charge on any atom is -0.504 e. The molecule has 0 spiro atoms. The van der Waals surface area contributed by atoms with Crippen molar-refractivity contribution in [2.24, 2.45) is 0 Å². The Morgan fingerprint density at radius 2 is 1.88 bits per heavy atom. The summed E-state index contributed by atoms with van der Waals surface area (Å²) in [5.41, 5.74) is 3.85. The van der Waals surface area contributed by atoms with E-state index in [-0.39, 0.29) is 18.0 Å². The highest BCUT2D eigenvalue weighted by Gasteiger charge is 2.30. The van der Waals surface area contributed by atoms with E-state index in [1.165, 1.54) is 0 Å². The van der Waals surface area contributed by atoms with Gasteiger partial charge in [-0.3, -0.25) is 0 Å². The standard InChI is InChI=1S/C25H24BrClN2O3/c1-3-32-23-6-4-5-18(24(23)30)21-14-20(15-7-10-17(27)11-8-15)28-25(29-21)16-9-12-22(31-2)19(26)13-16/h4-14,21,25,28-30H,3H2,1-2H3/p+1. The lowest BCUT2D eigenvalue weighted by Gasteiger charge is -2.30. The van der Waals surface area contributed by atoms with Crippen molar-refractivity contribution in [3.63, 3.8) is 0 Å². The number of hydrogen-bond acceptors (Lipinski definition) is 4. The first-order chi connectivity index (χ1) is 15.5. The summed E-state index contributed by atoms with van der Waals surface area (Å²) < 4.78 is 11.9. The fourth-order valence-electron chi connectivity index (χ4n) is 3.86. The normalized spacial score (nSPS) is 17.9. The van der Waals surface area contributed by atoms with Gasteiger partial charge < -0.3 is 25.2 Å². The lowest BCUT2D eigenvalue weighted by molar-refractivity contribution is -0.731. The summed E-state index contributed by atoms with van der Waals surface area (Å²) in [7, 11) is 1.65. The minimum atomic E-state index is -0.131. The van der Waals surface area contributed by atoms with Crippen LogP contribution in [-0.2, 0) is 0 Å². The van der Waals surface area contributed by atoms with E-state index in [9.17, 15) is 5.11 Å². The van der Waals surface area contributed by atoms with Crippen molar-refractivity contribution < 1.29 is 19.9 Å². The van der Waals surface area contributed by atoms with E-state index in [4.69, 9.17) is 21.1 Å². The Balaban J connectivity index is 1.76. The van der Waals surface area contributed by atoms with Gasteiger partial charge in [0.25, 0.3) is 0 Å². The van der Waals surface area contributed by atoms with Gasteiger partial charge in [-0.2, -0.15) is 0 Å². The molecule has 32 heavy (non-hydrogen) atoms. The number of benzene rings is 3. The van der Waals surface area contributed by atoms with Gasteiger partial charge in [0.2, 0.25) is 0 Å². The van der Waals surface area contributed by atoms with Gasteiger partial charge in [0.05, 0.1) is 23.8 Å². The highest BCUT2D eigenvalue weighted by molar-refractivity contribution is 9.10. The van der Waals surface area contributed by atoms with Crippen molar-refractivity contribution in [1.29, 1.82) is 0 Å². The summed E-state index contributed by atoms with van der Waals surface area (Å²) in [5.74, 6) is 1.43. The Kier molecular flexibility index (Phi) is 6.94. The Morgan fingerprint density at radius 1 is 1.09 bits per heavy atom. The molecule has 4 N–H and O–H groups in total. The maximum absolute atomic E-state index is 10.9. The van der Waals surface area contributed by atoms with Gasteiger partial charge in [-0.05, 0) is 70.9 Å². The molecule has 1 heterocycles. The largest absolute Gasteiger partial charge is 0.504 e. The minimum absolute atomic E-state index is 0.0898. The lowest BCUT2D eigenvalue weighted by atomic mass is 9.97. The van der Waals surface area contributed by atoms with E-state index < -0.39 is 0 Å². The van der Waals surface area contributed by atoms with Gasteiger partial charge in [-0.15, -0.1) is 0 Å². The third-order valence-corrected chi connectivity index (χ3v) is 6.31. The molecule has 166 valence electrons. The highest BCUT2D eigenvalue weighted by Crippen LogP contribution is 2.36. The third kappa shape index (κ3) is 4.72. The van der Waals surface area contributed by atoms with Crippen molar-refractivity contribution in [3.8, 4) is 17.2 Å². The van der Waals surface area contributed by atoms with Crippen LogP contribution in [0.1, 0.15) is 35.8 Å². The quantitative estimate of drug-likeness (QED) is 0.423. The second-order valence-electron chi connectivity index (χ2n) is 7.45. The first-order valence-corrected chi connectivity index (χ1v) is 11.5. The van der Waals surface area contributed by atoms with Crippen LogP contribution in [0.2, 0.25) is 5.02 Å². The van der Waals surface area contributed by atoms with Crippen molar-refractivity contribution in [3.05, 3.63) is 92.9 Å². The van der Waals surface area contributed by atoms with Crippen molar-refractivity contribution in [2.45, 2.75) is 19.1 Å². The van der Waals surface area contributed by atoms with Crippen LogP contribution in [0.3, 0.4) is 0 Å². The van der Waals surface area contributed by atoms with Crippen LogP contribution in [0.5, 0.6) is 17.2 Å². The number of phenolic OH excluding ortho intramolecular Hbond substituents is 1. The summed E-state index contributed by atoms with van der Waals surface area (Å²) >= 11 is 9.69. The zero-order valence-electron chi connectivity index (χ0n) is 17.8. The van der Waals surface area contributed by atoms with Crippen LogP contribution in [0.25, 0.3) is 5.70 Å². The average Bonchev–Trinajstić information content (AvgIpc) is 2.80. The molecule has 0 bridgehead atoms. The van der Waals surface area contributed by atoms with E-state index in [2.05, 4.69) is 32.6 Å². The second-order valence-corrected chi connectivity index (χ2v) is 8.74. The van der Waals surface area contributed by atoms with Crippen LogP contribution in [-0.4, -0.2) is 18.8 Å². The average molecular weight is 517 g/mol. The number of para-hydroxylation sites is 1. The van der Waals surface area contributed by atoms with Gasteiger partial charge in [-0.1, -0.05) is 29.8 Å². The maximum atomic E-state index is 10.9. The monoisotopic (exact) mass is 515 g/mol. The SMILES string of the molecule is CCOc1cccc(C2C=C(c3ccc(Cl)cc3)NC(c3ccc(OC)c(Br)c3)[NH2+]2)c1O. The lowest BCUT2D eigenvalue weighted by Crippen LogP contribution is -2.89. The van der Waals surface area contributed by atoms with E-state index in [0.717, 1.165) is 32.6 Å². The molecule has 7 heteroatoms. The molecular weight excluding hydrogens is 492 g/mol. The predicted octanol–water partition coefficient (Wildman–Crippen LogP) is 5.16. The summed E-state index contributed by atoms with van der Waals surface area (Å²) in [6.07, 6.45) is 2.02. The molecule has 0 saturated heterocycles. The number of aromatic hydroxyl groups is 1. The molecule has 3 aromatic carbocycles. The number of rotatable bonds is 6. The van der Waals surface area contributed by atoms with E-state index in [1.54, 1.807) is 13.2 Å². The van der Waals surface area contributed by atoms with Crippen LogP contribution in [0, 0.1) is 0 Å². The number of hydrogen-bond donors (Lipinski definition) is 3. The Labute approximate surface area is 201 Å². The molecule has 0 radical (unpaired) electrons. The number of methoxy groups -OCH3 is 1. The number of quaternary nitrogens is 1. The number of nitrogens with one attached hydrogen (secondary N) is 1. The number of halogens is 2. The summed E-state index contributed by atoms with van der Waals surface area (Å²) in [4.78, 5) is 0. The molecule has 3 aromatic rings. The molecule has 2 unspecified atom stereocenters. The molecule has 0 aliphatic carbocycles. The van der Waals surface area contributed by atoms with Crippen LogP contribution >= 0.6 is 27.5 Å². The summed E-state index contributed by atoms with van der Waals surface area (Å²) in [6, 6.07) is 19.2. The van der Waals surface area contributed by atoms with Crippen LogP contribution < -0.4 is 20.1 Å². The molecule has 0 aromatic heterocycles. The molecule has 0 fully saturated rings.